The fourth-order valence-electron chi connectivity index (χ4n) is 2.61. The van der Waals surface area contributed by atoms with Crippen molar-refractivity contribution in [2.24, 2.45) is 11.7 Å². The van der Waals surface area contributed by atoms with Gasteiger partial charge in [-0.15, -0.1) is 0 Å². The first-order chi connectivity index (χ1) is 8.70. The topological polar surface area (TPSA) is 81.1 Å². The molecule has 1 aliphatic rings. The van der Waals surface area contributed by atoms with E-state index in [1.165, 1.54) is 12.8 Å². The minimum absolute atomic E-state index is 0.0485. The van der Waals surface area contributed by atoms with Gasteiger partial charge < -0.3 is 16.8 Å². The zero-order chi connectivity index (χ0) is 13.0. The Labute approximate surface area is 108 Å². The molecule has 0 bridgehead atoms. The number of carbonyl (C=O) groups is 1. The van der Waals surface area contributed by atoms with Crippen LogP contribution in [-0.4, -0.2) is 18.5 Å². The van der Waals surface area contributed by atoms with Crippen LogP contribution in [-0.2, 0) is 0 Å². The van der Waals surface area contributed by atoms with Gasteiger partial charge in [0.15, 0.2) is 0 Å². The molecule has 1 aromatic carbocycles. The third-order valence-corrected chi connectivity index (χ3v) is 3.68. The number of carbonyl (C=O) groups excluding carboxylic acids is 1. The largest absolute Gasteiger partial charge is 0.399 e. The second-order valence-corrected chi connectivity index (χ2v) is 4.99. The lowest BCUT2D eigenvalue weighted by Gasteiger charge is -2.31. The quantitative estimate of drug-likeness (QED) is 0.708. The monoisotopic (exact) mass is 247 g/mol. The maximum Gasteiger partial charge on any atom is 0.251 e. The Morgan fingerprint density at radius 3 is 2.83 bits per heavy atom. The van der Waals surface area contributed by atoms with Crippen LogP contribution in [0.25, 0.3) is 0 Å². The van der Waals surface area contributed by atoms with Gasteiger partial charge in [-0.25, -0.2) is 0 Å². The first-order valence-corrected chi connectivity index (χ1v) is 6.57. The Hall–Kier alpha value is -1.55. The number of nitrogens with one attached hydrogen (secondary N) is 1. The van der Waals surface area contributed by atoms with Gasteiger partial charge in [0.25, 0.3) is 5.91 Å². The van der Waals surface area contributed by atoms with E-state index in [0.717, 1.165) is 12.8 Å². The second-order valence-electron chi connectivity index (χ2n) is 4.99. The highest BCUT2D eigenvalue weighted by atomic mass is 16.1. The van der Waals surface area contributed by atoms with Crippen LogP contribution in [0.15, 0.2) is 24.3 Å². The molecule has 2 rings (SSSR count). The Bertz CT molecular complexity index is 419. The van der Waals surface area contributed by atoms with Gasteiger partial charge in [-0.2, -0.15) is 0 Å². The van der Waals surface area contributed by atoms with Crippen LogP contribution in [0, 0.1) is 5.92 Å². The predicted octanol–water partition coefficient (Wildman–Crippen LogP) is 1.52. The molecule has 2 atom stereocenters. The van der Waals surface area contributed by atoms with Gasteiger partial charge in [-0.3, -0.25) is 4.79 Å². The highest BCUT2D eigenvalue weighted by molar-refractivity contribution is 5.95. The molecule has 1 fully saturated rings. The van der Waals surface area contributed by atoms with Crippen LogP contribution in [0.3, 0.4) is 0 Å². The number of rotatable bonds is 3. The van der Waals surface area contributed by atoms with Gasteiger partial charge in [0.05, 0.1) is 0 Å². The molecule has 1 amide bonds. The minimum atomic E-state index is -0.0485. The van der Waals surface area contributed by atoms with E-state index in [0.29, 0.717) is 23.7 Å². The molecule has 0 saturated heterocycles. The molecule has 98 valence electrons. The fourth-order valence-corrected chi connectivity index (χ4v) is 2.61. The van der Waals surface area contributed by atoms with Crippen LogP contribution in [0.4, 0.5) is 5.69 Å². The molecule has 4 heteroatoms. The highest BCUT2D eigenvalue weighted by Crippen LogP contribution is 2.23. The van der Waals surface area contributed by atoms with Crippen molar-refractivity contribution in [1.29, 1.82) is 0 Å². The van der Waals surface area contributed by atoms with E-state index in [2.05, 4.69) is 5.32 Å². The summed E-state index contributed by atoms with van der Waals surface area (Å²) in [6.07, 6.45) is 4.51. The summed E-state index contributed by atoms with van der Waals surface area (Å²) in [5.41, 5.74) is 12.7. The van der Waals surface area contributed by atoms with Crippen molar-refractivity contribution in [2.75, 3.05) is 12.3 Å². The smallest absolute Gasteiger partial charge is 0.251 e. The van der Waals surface area contributed by atoms with E-state index < -0.39 is 0 Å². The maximum atomic E-state index is 12.1. The molecule has 0 radical (unpaired) electrons. The summed E-state index contributed by atoms with van der Waals surface area (Å²) < 4.78 is 0. The number of hydrogen-bond acceptors (Lipinski definition) is 3. The van der Waals surface area contributed by atoms with Gasteiger partial charge in [0, 0.05) is 17.3 Å². The van der Waals surface area contributed by atoms with Gasteiger partial charge in [0.1, 0.15) is 0 Å². The maximum absolute atomic E-state index is 12.1. The molecule has 0 aromatic heterocycles. The van der Waals surface area contributed by atoms with Crippen molar-refractivity contribution in [2.45, 2.75) is 31.7 Å². The summed E-state index contributed by atoms with van der Waals surface area (Å²) in [5, 5.41) is 3.09. The highest BCUT2D eigenvalue weighted by Gasteiger charge is 2.25. The molecular formula is C14H21N3O. The number of amides is 1. The molecule has 18 heavy (non-hydrogen) atoms. The van der Waals surface area contributed by atoms with Crippen LogP contribution in [0.1, 0.15) is 36.0 Å². The molecule has 0 spiro atoms. The Balaban J connectivity index is 2.02. The standard InChI is InChI=1S/C14H21N3O/c15-9-11-4-1-2-7-13(11)17-14(18)10-5-3-6-12(16)8-10/h3,5-6,8,11,13H,1-2,4,7,9,15-16H2,(H,17,18). The summed E-state index contributed by atoms with van der Waals surface area (Å²) in [6, 6.07) is 7.27. The molecule has 0 aliphatic heterocycles. The van der Waals surface area contributed by atoms with E-state index in [4.69, 9.17) is 11.5 Å². The molecule has 4 nitrogen and oxygen atoms in total. The van der Waals surface area contributed by atoms with Gasteiger partial charge >= 0.3 is 0 Å². The zero-order valence-electron chi connectivity index (χ0n) is 10.6. The zero-order valence-corrected chi connectivity index (χ0v) is 10.6. The van der Waals surface area contributed by atoms with Gasteiger partial charge in [0.2, 0.25) is 0 Å². The van der Waals surface area contributed by atoms with Crippen LogP contribution in [0.2, 0.25) is 0 Å². The molecular weight excluding hydrogens is 226 g/mol. The first-order valence-electron chi connectivity index (χ1n) is 6.57. The van der Waals surface area contributed by atoms with Gasteiger partial charge in [-0.1, -0.05) is 18.9 Å². The van der Waals surface area contributed by atoms with E-state index in [1.807, 2.05) is 0 Å². The van der Waals surface area contributed by atoms with E-state index in [1.54, 1.807) is 24.3 Å². The molecule has 0 heterocycles. The number of nitrogens with two attached hydrogens (primary N) is 2. The number of benzene rings is 1. The van der Waals surface area contributed by atoms with Crippen LogP contribution < -0.4 is 16.8 Å². The van der Waals surface area contributed by atoms with E-state index >= 15 is 0 Å². The van der Waals surface area contributed by atoms with E-state index in [-0.39, 0.29) is 11.9 Å². The lowest BCUT2D eigenvalue weighted by atomic mass is 9.84. The average Bonchev–Trinajstić information content (AvgIpc) is 2.39. The van der Waals surface area contributed by atoms with Crippen LogP contribution in [0.5, 0.6) is 0 Å². The number of nitrogen functional groups attached to an aromatic ring is 1. The molecule has 2 unspecified atom stereocenters. The summed E-state index contributed by atoms with van der Waals surface area (Å²) in [4.78, 5) is 12.1. The molecule has 1 saturated carbocycles. The summed E-state index contributed by atoms with van der Waals surface area (Å²) in [5.74, 6) is 0.358. The lowest BCUT2D eigenvalue weighted by Crippen LogP contribution is -2.44. The van der Waals surface area contributed by atoms with Crippen molar-refractivity contribution in [3.63, 3.8) is 0 Å². The summed E-state index contributed by atoms with van der Waals surface area (Å²) in [6.45, 7) is 0.641. The SMILES string of the molecule is NCC1CCCCC1NC(=O)c1cccc(N)c1. The predicted molar refractivity (Wildman–Crippen MR) is 73.1 cm³/mol. The van der Waals surface area contributed by atoms with Gasteiger partial charge in [-0.05, 0) is 43.5 Å². The average molecular weight is 247 g/mol. The number of anilines is 1. The normalized spacial score (nSPS) is 23.6. The van der Waals surface area contributed by atoms with Crippen molar-refractivity contribution < 1.29 is 4.79 Å². The van der Waals surface area contributed by atoms with Crippen LogP contribution >= 0.6 is 0 Å². The Kier molecular flexibility index (Phi) is 4.20. The third kappa shape index (κ3) is 3.01. The molecule has 1 aromatic rings. The van der Waals surface area contributed by atoms with E-state index in [9.17, 15) is 4.79 Å². The first kappa shape index (κ1) is 12.9. The summed E-state index contributed by atoms with van der Waals surface area (Å²) >= 11 is 0. The molecule has 1 aliphatic carbocycles. The third-order valence-electron chi connectivity index (χ3n) is 3.68. The summed E-state index contributed by atoms with van der Waals surface area (Å²) in [7, 11) is 0. The second kappa shape index (κ2) is 5.87. The lowest BCUT2D eigenvalue weighted by molar-refractivity contribution is 0.0908. The Morgan fingerprint density at radius 2 is 2.11 bits per heavy atom. The number of hydrogen-bond donors (Lipinski definition) is 3. The van der Waals surface area contributed by atoms with Crippen molar-refractivity contribution in [3.05, 3.63) is 29.8 Å². The van der Waals surface area contributed by atoms with Crippen molar-refractivity contribution in [3.8, 4) is 0 Å². The molecule has 5 N–H and O–H groups in total. The Morgan fingerprint density at radius 1 is 1.33 bits per heavy atom. The van der Waals surface area contributed by atoms with Crippen molar-refractivity contribution in [1.82, 2.24) is 5.32 Å². The van der Waals surface area contributed by atoms with Crippen molar-refractivity contribution >= 4 is 11.6 Å². The minimum Gasteiger partial charge on any atom is -0.399 e. The fraction of sp³-hybridized carbons (Fsp3) is 0.500.